The Bertz CT molecular complexity index is 777. The molecular weight excluding hydrogens is 337 g/mol. The summed E-state index contributed by atoms with van der Waals surface area (Å²) in [6.45, 7) is 1.43. The van der Waals surface area contributed by atoms with Crippen molar-refractivity contribution in [2.24, 2.45) is 0 Å². The largest absolute Gasteiger partial charge is 0.496 e. The number of ether oxygens (including phenoxy) is 2. The van der Waals surface area contributed by atoms with Crippen molar-refractivity contribution in [3.8, 4) is 5.75 Å². The average Bonchev–Trinajstić information content (AvgIpc) is 2.56. The molecule has 0 fully saturated rings. The van der Waals surface area contributed by atoms with E-state index < -0.39 is 23.7 Å². The van der Waals surface area contributed by atoms with Gasteiger partial charge in [-0.1, -0.05) is 11.6 Å². The first-order valence-electron chi connectivity index (χ1n) is 6.97. The Balaban J connectivity index is 2.18. The summed E-state index contributed by atoms with van der Waals surface area (Å²) in [6, 6.07) is 7.67. The van der Waals surface area contributed by atoms with E-state index in [2.05, 4.69) is 0 Å². The third-order valence-electron chi connectivity index (χ3n) is 3.32. The number of hydrogen-bond donors (Lipinski definition) is 1. The average molecular weight is 352 g/mol. The number of methoxy groups -OCH3 is 1. The van der Waals surface area contributed by atoms with Crippen molar-refractivity contribution in [3.63, 3.8) is 0 Å². The van der Waals surface area contributed by atoms with Crippen LogP contribution in [0.5, 0.6) is 5.75 Å². The van der Waals surface area contributed by atoms with Crippen molar-refractivity contribution in [1.82, 2.24) is 0 Å². The third-order valence-corrected chi connectivity index (χ3v) is 3.65. The van der Waals surface area contributed by atoms with Gasteiger partial charge in [0.05, 0.1) is 17.8 Å². The fourth-order valence-electron chi connectivity index (χ4n) is 2.02. The van der Waals surface area contributed by atoms with Gasteiger partial charge in [-0.3, -0.25) is 4.79 Å². The number of anilines is 1. The van der Waals surface area contributed by atoms with Gasteiger partial charge in [0.1, 0.15) is 17.1 Å². The molecule has 126 valence electrons. The van der Waals surface area contributed by atoms with Crippen LogP contribution in [0.25, 0.3) is 0 Å². The van der Waals surface area contributed by atoms with Gasteiger partial charge >= 0.3 is 5.97 Å². The van der Waals surface area contributed by atoms with E-state index in [1.807, 2.05) is 0 Å². The Hall–Kier alpha value is -2.60. The lowest BCUT2D eigenvalue weighted by Crippen LogP contribution is -2.24. The van der Waals surface area contributed by atoms with Crippen molar-refractivity contribution < 1.29 is 23.5 Å². The number of nitrogens with two attached hydrogens (primary N) is 1. The predicted molar refractivity (Wildman–Crippen MR) is 88.0 cm³/mol. The van der Waals surface area contributed by atoms with Gasteiger partial charge in [0.15, 0.2) is 6.10 Å². The first-order valence-corrected chi connectivity index (χ1v) is 7.35. The number of carbonyl (C=O) groups is 2. The van der Waals surface area contributed by atoms with Gasteiger partial charge in [-0.2, -0.15) is 0 Å². The smallest absolute Gasteiger partial charge is 0.342 e. The maximum Gasteiger partial charge on any atom is 0.342 e. The lowest BCUT2D eigenvalue weighted by molar-refractivity contribution is 0.0316. The first-order chi connectivity index (χ1) is 11.3. The van der Waals surface area contributed by atoms with Crippen LogP contribution in [0.15, 0.2) is 36.4 Å². The fourth-order valence-corrected chi connectivity index (χ4v) is 2.19. The maximum absolute atomic E-state index is 12.9. The molecule has 2 aromatic rings. The van der Waals surface area contributed by atoms with Crippen LogP contribution in [0.3, 0.4) is 0 Å². The van der Waals surface area contributed by atoms with E-state index in [1.165, 1.54) is 38.3 Å². The van der Waals surface area contributed by atoms with Gasteiger partial charge in [-0.25, -0.2) is 9.18 Å². The number of rotatable bonds is 5. The van der Waals surface area contributed by atoms with Gasteiger partial charge in [-0.05, 0) is 37.3 Å². The second kappa shape index (κ2) is 7.31. The van der Waals surface area contributed by atoms with Crippen molar-refractivity contribution >= 4 is 29.0 Å². The number of benzene rings is 2. The van der Waals surface area contributed by atoms with E-state index in [4.69, 9.17) is 26.8 Å². The van der Waals surface area contributed by atoms with E-state index in [1.54, 1.807) is 0 Å². The Morgan fingerprint density at radius 1 is 1.21 bits per heavy atom. The summed E-state index contributed by atoms with van der Waals surface area (Å²) < 4.78 is 23.1. The number of hydrogen-bond acceptors (Lipinski definition) is 5. The molecule has 0 heterocycles. The Morgan fingerprint density at radius 2 is 1.83 bits per heavy atom. The van der Waals surface area contributed by atoms with Crippen molar-refractivity contribution in [2.75, 3.05) is 12.8 Å². The van der Waals surface area contributed by atoms with Crippen molar-refractivity contribution in [1.29, 1.82) is 0 Å². The molecule has 0 saturated carbocycles. The lowest BCUT2D eigenvalue weighted by Gasteiger charge is -2.14. The summed E-state index contributed by atoms with van der Waals surface area (Å²) in [5.74, 6) is -1.51. The van der Waals surface area contributed by atoms with Gasteiger partial charge in [0, 0.05) is 11.6 Å². The van der Waals surface area contributed by atoms with Crippen LogP contribution in [0, 0.1) is 5.82 Å². The molecule has 0 aliphatic heterocycles. The SMILES string of the molecule is COc1cc(N)c(Cl)cc1C(=O)O[C@@H](C)C(=O)c1ccc(F)cc1. The molecule has 7 heteroatoms. The van der Waals surface area contributed by atoms with Crippen LogP contribution in [0.2, 0.25) is 5.02 Å². The lowest BCUT2D eigenvalue weighted by atomic mass is 10.1. The normalized spacial score (nSPS) is 11.7. The van der Waals surface area contributed by atoms with Gasteiger partial charge in [0.2, 0.25) is 5.78 Å². The zero-order chi connectivity index (χ0) is 17.9. The summed E-state index contributed by atoms with van der Waals surface area (Å²) in [7, 11) is 1.37. The molecule has 0 bridgehead atoms. The van der Waals surface area contributed by atoms with Crippen LogP contribution >= 0.6 is 11.6 Å². The minimum absolute atomic E-state index is 0.0513. The van der Waals surface area contributed by atoms with Gasteiger partial charge < -0.3 is 15.2 Å². The fraction of sp³-hybridized carbons (Fsp3) is 0.176. The third kappa shape index (κ3) is 3.83. The number of Topliss-reactive ketones (excluding diaryl/α,β-unsaturated/α-hetero) is 1. The van der Waals surface area contributed by atoms with Crippen molar-refractivity contribution in [3.05, 3.63) is 58.4 Å². The second-order valence-corrected chi connectivity index (χ2v) is 5.40. The summed E-state index contributed by atoms with van der Waals surface area (Å²) in [5, 5.41) is 0.167. The minimum Gasteiger partial charge on any atom is -0.496 e. The Morgan fingerprint density at radius 3 is 2.42 bits per heavy atom. The molecule has 0 saturated heterocycles. The van der Waals surface area contributed by atoms with Gasteiger partial charge in [-0.15, -0.1) is 0 Å². The Kier molecular flexibility index (Phi) is 5.41. The van der Waals surface area contributed by atoms with Crippen LogP contribution < -0.4 is 10.5 Å². The number of carbonyl (C=O) groups excluding carboxylic acids is 2. The van der Waals surface area contributed by atoms with E-state index in [-0.39, 0.29) is 27.6 Å². The van der Waals surface area contributed by atoms with E-state index in [0.717, 1.165) is 12.1 Å². The van der Waals surface area contributed by atoms with Crippen LogP contribution in [0.1, 0.15) is 27.6 Å². The highest BCUT2D eigenvalue weighted by Crippen LogP contribution is 2.29. The molecule has 0 aromatic heterocycles. The second-order valence-electron chi connectivity index (χ2n) is 4.99. The zero-order valence-electron chi connectivity index (χ0n) is 13.0. The number of ketones is 1. The molecule has 0 spiro atoms. The highest BCUT2D eigenvalue weighted by molar-refractivity contribution is 6.33. The van der Waals surface area contributed by atoms with Crippen LogP contribution in [-0.2, 0) is 4.74 Å². The van der Waals surface area contributed by atoms with Crippen molar-refractivity contribution in [2.45, 2.75) is 13.0 Å². The molecule has 0 amide bonds. The molecule has 2 rings (SSSR count). The molecular formula is C17H15ClFNO4. The molecule has 0 unspecified atom stereocenters. The number of esters is 1. The molecule has 0 radical (unpaired) electrons. The summed E-state index contributed by atoms with van der Waals surface area (Å²) in [6.07, 6.45) is -1.07. The maximum atomic E-state index is 12.9. The molecule has 0 aliphatic carbocycles. The summed E-state index contributed by atoms with van der Waals surface area (Å²) >= 11 is 5.91. The van der Waals surface area contributed by atoms with E-state index in [9.17, 15) is 14.0 Å². The predicted octanol–water partition coefficient (Wildman–Crippen LogP) is 3.50. The highest BCUT2D eigenvalue weighted by Gasteiger charge is 2.23. The molecule has 24 heavy (non-hydrogen) atoms. The highest BCUT2D eigenvalue weighted by atomic mass is 35.5. The molecule has 1 atom stereocenters. The molecule has 2 aromatic carbocycles. The van der Waals surface area contributed by atoms with E-state index >= 15 is 0 Å². The topological polar surface area (TPSA) is 78.6 Å². The summed E-state index contributed by atoms with van der Waals surface area (Å²) in [5.41, 5.74) is 6.19. The quantitative estimate of drug-likeness (QED) is 0.506. The zero-order valence-corrected chi connectivity index (χ0v) is 13.8. The Labute approximate surface area is 143 Å². The van der Waals surface area contributed by atoms with Gasteiger partial charge in [0.25, 0.3) is 0 Å². The molecule has 2 N–H and O–H groups in total. The monoisotopic (exact) mass is 351 g/mol. The van der Waals surface area contributed by atoms with E-state index in [0.29, 0.717) is 0 Å². The minimum atomic E-state index is -1.07. The molecule has 0 aliphatic rings. The summed E-state index contributed by atoms with van der Waals surface area (Å²) in [4.78, 5) is 24.5. The standard InChI is InChI=1S/C17H15ClFNO4/c1-9(16(21)10-3-5-11(19)6-4-10)24-17(22)12-7-13(18)14(20)8-15(12)23-2/h3-9H,20H2,1-2H3/t9-/m0/s1. The number of nitrogen functional groups attached to an aromatic ring is 1. The van der Waals surface area contributed by atoms with Crippen LogP contribution in [-0.4, -0.2) is 25.0 Å². The molecule has 5 nitrogen and oxygen atoms in total. The number of halogens is 2. The van der Waals surface area contributed by atoms with Crippen LogP contribution in [0.4, 0.5) is 10.1 Å². The first kappa shape index (κ1) is 17.7.